The van der Waals surface area contributed by atoms with Crippen molar-refractivity contribution in [3.05, 3.63) is 71.8 Å². The molecule has 0 amide bonds. The van der Waals surface area contributed by atoms with Crippen LogP contribution in [0.5, 0.6) is 0 Å². The van der Waals surface area contributed by atoms with Crippen molar-refractivity contribution >= 4 is 12.4 Å². The molecule has 0 saturated carbocycles. The molecule has 2 aromatic rings. The van der Waals surface area contributed by atoms with Gasteiger partial charge in [-0.05, 0) is 38.1 Å². The number of halogens is 1. The van der Waals surface area contributed by atoms with Crippen molar-refractivity contribution in [2.75, 3.05) is 20.6 Å². The first-order chi connectivity index (χ1) is 10.2. The van der Waals surface area contributed by atoms with Crippen molar-refractivity contribution < 1.29 is 5.11 Å². The second kappa shape index (κ2) is 9.62. The first-order valence-corrected chi connectivity index (χ1v) is 7.58. The second-order valence-electron chi connectivity index (χ2n) is 5.87. The van der Waals surface area contributed by atoms with E-state index >= 15 is 0 Å². The van der Waals surface area contributed by atoms with E-state index in [1.165, 1.54) is 11.1 Å². The van der Waals surface area contributed by atoms with E-state index in [1.54, 1.807) is 0 Å². The zero-order valence-corrected chi connectivity index (χ0v) is 14.2. The molecule has 0 saturated heterocycles. The minimum absolute atomic E-state index is 0. The predicted molar refractivity (Wildman–Crippen MR) is 95.8 cm³/mol. The molecule has 2 rings (SSSR count). The van der Waals surface area contributed by atoms with Crippen LogP contribution < -0.4 is 0 Å². The van der Waals surface area contributed by atoms with Crippen LogP contribution in [0.2, 0.25) is 0 Å². The highest BCUT2D eigenvalue weighted by molar-refractivity contribution is 5.85. The van der Waals surface area contributed by atoms with Crippen molar-refractivity contribution in [2.45, 2.75) is 24.9 Å². The van der Waals surface area contributed by atoms with Gasteiger partial charge in [0.15, 0.2) is 0 Å². The van der Waals surface area contributed by atoms with Gasteiger partial charge < -0.3 is 10.0 Å². The zero-order chi connectivity index (χ0) is 15.1. The summed E-state index contributed by atoms with van der Waals surface area (Å²) < 4.78 is 0. The molecule has 0 aliphatic rings. The van der Waals surface area contributed by atoms with Crippen molar-refractivity contribution in [3.63, 3.8) is 0 Å². The Balaban J connectivity index is 0.00000242. The van der Waals surface area contributed by atoms with Crippen LogP contribution in [0.1, 0.15) is 23.5 Å². The highest BCUT2D eigenvalue weighted by Gasteiger charge is 2.21. The lowest BCUT2D eigenvalue weighted by molar-refractivity contribution is 0.106. The normalized spacial score (nSPS) is 13.5. The number of aliphatic hydroxyl groups is 1. The van der Waals surface area contributed by atoms with Crippen LogP contribution in [0, 0.1) is 0 Å². The van der Waals surface area contributed by atoms with E-state index in [4.69, 9.17) is 0 Å². The molecule has 0 radical (unpaired) electrons. The Labute approximate surface area is 140 Å². The molecule has 0 aliphatic carbocycles. The molecule has 2 nitrogen and oxygen atoms in total. The Morgan fingerprint density at radius 2 is 1.45 bits per heavy atom. The maximum Gasteiger partial charge on any atom is 0.0735 e. The molecule has 0 aromatic heterocycles. The third-order valence-electron chi connectivity index (χ3n) is 3.83. The van der Waals surface area contributed by atoms with Crippen LogP contribution in [0.15, 0.2) is 60.7 Å². The average Bonchev–Trinajstić information content (AvgIpc) is 2.49. The van der Waals surface area contributed by atoms with Gasteiger partial charge in [-0.2, -0.15) is 0 Å². The molecule has 2 unspecified atom stereocenters. The van der Waals surface area contributed by atoms with Crippen molar-refractivity contribution in [1.82, 2.24) is 4.90 Å². The molecule has 0 heterocycles. The van der Waals surface area contributed by atoms with E-state index in [1.807, 2.05) is 43.3 Å². The molecule has 3 heteroatoms. The summed E-state index contributed by atoms with van der Waals surface area (Å²) >= 11 is 0. The van der Waals surface area contributed by atoms with Crippen LogP contribution in [-0.2, 0) is 6.42 Å². The van der Waals surface area contributed by atoms with Crippen LogP contribution >= 0.6 is 12.4 Å². The van der Waals surface area contributed by atoms with Gasteiger partial charge in [0, 0.05) is 12.5 Å². The maximum atomic E-state index is 10.6. The van der Waals surface area contributed by atoms with Gasteiger partial charge in [-0.15, -0.1) is 12.4 Å². The van der Waals surface area contributed by atoms with E-state index in [-0.39, 0.29) is 24.4 Å². The lowest BCUT2D eigenvalue weighted by Gasteiger charge is -2.26. The largest absolute Gasteiger partial charge is 0.391 e. The second-order valence-corrected chi connectivity index (χ2v) is 5.87. The van der Waals surface area contributed by atoms with Gasteiger partial charge in [0.1, 0.15) is 0 Å². The Morgan fingerprint density at radius 1 is 0.909 bits per heavy atom. The number of aliphatic hydroxyl groups excluding tert-OH is 1. The summed E-state index contributed by atoms with van der Waals surface area (Å²) in [6.07, 6.45) is 1.61. The molecule has 0 spiro atoms. The fourth-order valence-corrected chi connectivity index (χ4v) is 2.75. The molecule has 120 valence electrons. The van der Waals surface area contributed by atoms with Gasteiger partial charge in [-0.25, -0.2) is 0 Å². The number of hydrogen-bond donors (Lipinski definition) is 1. The van der Waals surface area contributed by atoms with Crippen LogP contribution in [-0.4, -0.2) is 36.8 Å². The van der Waals surface area contributed by atoms with Gasteiger partial charge >= 0.3 is 0 Å². The molecule has 2 aromatic carbocycles. The number of hydrogen-bond acceptors (Lipinski definition) is 2. The van der Waals surface area contributed by atoms with Gasteiger partial charge in [0.2, 0.25) is 0 Å². The summed E-state index contributed by atoms with van der Waals surface area (Å²) in [5, 5.41) is 10.6. The molecular weight excluding hydrogens is 294 g/mol. The quantitative estimate of drug-likeness (QED) is 0.840. The van der Waals surface area contributed by atoms with E-state index in [9.17, 15) is 5.11 Å². The molecule has 2 atom stereocenters. The fourth-order valence-electron chi connectivity index (χ4n) is 2.75. The lowest BCUT2D eigenvalue weighted by Crippen LogP contribution is -2.31. The summed E-state index contributed by atoms with van der Waals surface area (Å²) in [5.74, 6) is 0.175. The van der Waals surface area contributed by atoms with E-state index in [0.717, 1.165) is 12.8 Å². The van der Waals surface area contributed by atoms with Crippen LogP contribution in [0.25, 0.3) is 0 Å². The molecule has 1 N–H and O–H groups in total. The lowest BCUT2D eigenvalue weighted by atomic mass is 9.87. The van der Waals surface area contributed by atoms with Gasteiger partial charge in [-0.1, -0.05) is 60.7 Å². The Hall–Kier alpha value is -1.35. The van der Waals surface area contributed by atoms with E-state index in [0.29, 0.717) is 6.54 Å². The number of rotatable bonds is 7. The molecule has 22 heavy (non-hydrogen) atoms. The first kappa shape index (κ1) is 18.7. The van der Waals surface area contributed by atoms with Crippen LogP contribution in [0.4, 0.5) is 0 Å². The topological polar surface area (TPSA) is 23.5 Å². The molecule has 0 bridgehead atoms. The smallest absolute Gasteiger partial charge is 0.0735 e. The maximum absolute atomic E-state index is 10.6. The average molecular weight is 320 g/mol. The monoisotopic (exact) mass is 319 g/mol. The summed E-state index contributed by atoms with van der Waals surface area (Å²) in [4.78, 5) is 2.04. The third-order valence-corrected chi connectivity index (χ3v) is 3.83. The van der Waals surface area contributed by atoms with Crippen molar-refractivity contribution in [2.24, 2.45) is 0 Å². The van der Waals surface area contributed by atoms with Crippen molar-refractivity contribution in [3.8, 4) is 0 Å². The number of aryl methyl sites for hydroxylation is 1. The minimum atomic E-state index is -0.342. The predicted octanol–water partition coefficient (Wildman–Crippen LogP) is 3.75. The first-order valence-electron chi connectivity index (χ1n) is 7.58. The van der Waals surface area contributed by atoms with E-state index in [2.05, 4.69) is 36.4 Å². The number of likely N-dealkylation sites (N-methyl/N-ethyl adjacent to an activating group) is 1. The Bertz CT molecular complexity index is 515. The van der Waals surface area contributed by atoms with Gasteiger partial charge in [0.05, 0.1) is 6.10 Å². The SMILES string of the molecule is CN(C)CC(O)C(CCc1ccccc1)c1ccccc1.Cl. The molecule has 0 aliphatic heterocycles. The third kappa shape index (κ3) is 5.80. The highest BCUT2D eigenvalue weighted by atomic mass is 35.5. The molecule has 0 fully saturated rings. The van der Waals surface area contributed by atoms with Gasteiger partial charge in [-0.3, -0.25) is 0 Å². The number of nitrogens with zero attached hydrogens (tertiary/aromatic N) is 1. The summed E-state index contributed by atoms with van der Waals surface area (Å²) in [7, 11) is 4.00. The van der Waals surface area contributed by atoms with Gasteiger partial charge in [0.25, 0.3) is 0 Å². The van der Waals surface area contributed by atoms with E-state index < -0.39 is 0 Å². The number of benzene rings is 2. The minimum Gasteiger partial charge on any atom is -0.391 e. The van der Waals surface area contributed by atoms with Crippen molar-refractivity contribution in [1.29, 1.82) is 0 Å². The summed E-state index contributed by atoms with van der Waals surface area (Å²) in [5.41, 5.74) is 2.55. The van der Waals surface area contributed by atoms with Crippen LogP contribution in [0.3, 0.4) is 0 Å². The fraction of sp³-hybridized carbons (Fsp3) is 0.368. The standard InChI is InChI=1S/C19H25NO.ClH/c1-20(2)15-19(21)18(17-11-7-4-8-12-17)14-13-16-9-5-3-6-10-16;/h3-12,18-19,21H,13-15H2,1-2H3;1H. The highest BCUT2D eigenvalue weighted by Crippen LogP contribution is 2.26. The summed E-state index contributed by atoms with van der Waals surface area (Å²) in [6.45, 7) is 0.689. The zero-order valence-electron chi connectivity index (χ0n) is 13.4. The molecular formula is C19H26ClNO. The summed E-state index contributed by atoms with van der Waals surface area (Å²) in [6, 6.07) is 20.9. The Kier molecular flexibility index (Phi) is 8.18. The Morgan fingerprint density at radius 3 is 2.00 bits per heavy atom.